The van der Waals surface area contributed by atoms with Crippen LogP contribution >= 0.6 is 11.6 Å². The number of rotatable bonds is 7. The Bertz CT molecular complexity index is 387. The number of carbonyl (C=O) groups excluding carboxylic acids is 3. The number of nitrogens with zero attached hydrogens (tertiary/aromatic N) is 1. The van der Waals surface area contributed by atoms with Crippen LogP contribution in [0.2, 0.25) is 0 Å². The Kier molecular flexibility index (Phi) is 7.50. The van der Waals surface area contributed by atoms with Gasteiger partial charge in [-0.05, 0) is 12.3 Å². The quantitative estimate of drug-likeness (QED) is 0.559. The van der Waals surface area contributed by atoms with Crippen LogP contribution in [0.5, 0.6) is 0 Å². The molecular weight excluding hydrogens is 296 g/mol. The van der Waals surface area contributed by atoms with Gasteiger partial charge < -0.3 is 15.0 Å². The van der Waals surface area contributed by atoms with Crippen molar-refractivity contribution < 1.29 is 19.1 Å². The maximum absolute atomic E-state index is 12.1. The molecule has 7 heteroatoms. The minimum absolute atomic E-state index is 0.106. The molecular formula is C14H23ClN2O4. The Morgan fingerprint density at radius 3 is 2.81 bits per heavy atom. The van der Waals surface area contributed by atoms with Crippen molar-refractivity contribution in [2.45, 2.75) is 39.2 Å². The van der Waals surface area contributed by atoms with Crippen molar-refractivity contribution in [1.29, 1.82) is 0 Å². The van der Waals surface area contributed by atoms with E-state index in [9.17, 15) is 14.4 Å². The summed E-state index contributed by atoms with van der Waals surface area (Å²) in [4.78, 5) is 37.3. The molecule has 0 aromatic carbocycles. The molecule has 21 heavy (non-hydrogen) atoms. The summed E-state index contributed by atoms with van der Waals surface area (Å²) in [6.07, 6.45) is 0.739. The summed E-state index contributed by atoms with van der Waals surface area (Å²) in [7, 11) is 0. The van der Waals surface area contributed by atoms with E-state index in [1.54, 1.807) is 0 Å². The number of nitrogens with one attached hydrogen (secondary N) is 1. The fourth-order valence-corrected chi connectivity index (χ4v) is 2.19. The van der Waals surface area contributed by atoms with Gasteiger partial charge in [0.05, 0.1) is 13.0 Å². The van der Waals surface area contributed by atoms with Gasteiger partial charge in [0.15, 0.2) is 0 Å². The van der Waals surface area contributed by atoms with Gasteiger partial charge in [-0.2, -0.15) is 0 Å². The predicted octanol–water partition coefficient (Wildman–Crippen LogP) is 0.922. The summed E-state index contributed by atoms with van der Waals surface area (Å²) in [5.74, 6) is -0.280. The largest absolute Gasteiger partial charge is 0.465 e. The van der Waals surface area contributed by atoms with E-state index in [2.05, 4.69) is 5.32 Å². The van der Waals surface area contributed by atoms with Crippen LogP contribution in [0.15, 0.2) is 0 Å². The van der Waals surface area contributed by atoms with E-state index in [1.165, 1.54) is 4.90 Å². The SMILES string of the molecule is CC(C)COC(=O)CC1C(=O)NCCN1C(=O)CCCCl. The third kappa shape index (κ3) is 5.91. The molecule has 1 fully saturated rings. The van der Waals surface area contributed by atoms with Gasteiger partial charge in [-0.15, -0.1) is 11.6 Å². The van der Waals surface area contributed by atoms with E-state index in [1.807, 2.05) is 13.8 Å². The Labute approximate surface area is 130 Å². The first kappa shape index (κ1) is 17.8. The summed E-state index contributed by atoms with van der Waals surface area (Å²) >= 11 is 5.58. The lowest BCUT2D eigenvalue weighted by molar-refractivity contribution is -0.152. The molecule has 0 spiro atoms. The van der Waals surface area contributed by atoms with E-state index in [0.717, 1.165) is 0 Å². The summed E-state index contributed by atoms with van der Waals surface area (Å²) in [5.41, 5.74) is 0. The number of halogens is 1. The summed E-state index contributed by atoms with van der Waals surface area (Å²) in [6.45, 7) is 5.00. The predicted molar refractivity (Wildman–Crippen MR) is 78.9 cm³/mol. The van der Waals surface area contributed by atoms with Crippen molar-refractivity contribution in [3.63, 3.8) is 0 Å². The number of hydrogen-bond acceptors (Lipinski definition) is 4. The molecule has 1 aliphatic heterocycles. The molecule has 1 heterocycles. The van der Waals surface area contributed by atoms with Crippen LogP contribution in [0.25, 0.3) is 0 Å². The van der Waals surface area contributed by atoms with Gasteiger partial charge in [-0.25, -0.2) is 0 Å². The molecule has 6 nitrogen and oxygen atoms in total. The maximum atomic E-state index is 12.1. The number of amides is 2. The fraction of sp³-hybridized carbons (Fsp3) is 0.786. The molecule has 2 amide bonds. The van der Waals surface area contributed by atoms with Crippen molar-refractivity contribution >= 4 is 29.4 Å². The zero-order valence-corrected chi connectivity index (χ0v) is 13.3. The molecule has 1 atom stereocenters. The van der Waals surface area contributed by atoms with Gasteiger partial charge in [0.2, 0.25) is 11.8 Å². The molecule has 0 aromatic heterocycles. The lowest BCUT2D eigenvalue weighted by Gasteiger charge is -2.34. The van der Waals surface area contributed by atoms with Crippen LogP contribution in [-0.2, 0) is 19.1 Å². The molecule has 1 aliphatic rings. The van der Waals surface area contributed by atoms with Crippen LogP contribution < -0.4 is 5.32 Å². The highest BCUT2D eigenvalue weighted by Gasteiger charge is 2.34. The summed E-state index contributed by atoms with van der Waals surface area (Å²) in [6, 6.07) is -0.777. The standard InChI is InChI=1S/C14H23ClN2O4/c1-10(2)9-21-13(19)8-11-14(20)16-6-7-17(11)12(18)4-3-5-15/h10-11H,3-9H2,1-2H3,(H,16,20). The first-order chi connectivity index (χ1) is 9.95. The van der Waals surface area contributed by atoms with Crippen LogP contribution in [0, 0.1) is 5.92 Å². The lowest BCUT2D eigenvalue weighted by Crippen LogP contribution is -2.57. The van der Waals surface area contributed by atoms with Crippen LogP contribution in [0.1, 0.15) is 33.1 Å². The van der Waals surface area contributed by atoms with Crippen molar-refractivity contribution in [2.24, 2.45) is 5.92 Å². The molecule has 0 saturated carbocycles. The molecule has 0 aromatic rings. The number of alkyl halides is 1. The van der Waals surface area contributed by atoms with E-state index < -0.39 is 12.0 Å². The van der Waals surface area contributed by atoms with Crippen molar-refractivity contribution in [3.05, 3.63) is 0 Å². The number of hydrogen-bond donors (Lipinski definition) is 1. The smallest absolute Gasteiger partial charge is 0.308 e. The average Bonchev–Trinajstić information content (AvgIpc) is 2.44. The number of ether oxygens (including phenoxy) is 1. The van der Waals surface area contributed by atoms with E-state index in [4.69, 9.17) is 16.3 Å². The Balaban J connectivity index is 2.61. The topological polar surface area (TPSA) is 75.7 Å². The van der Waals surface area contributed by atoms with Gasteiger partial charge >= 0.3 is 5.97 Å². The van der Waals surface area contributed by atoms with E-state index >= 15 is 0 Å². The summed E-state index contributed by atoms with van der Waals surface area (Å²) in [5, 5.41) is 2.68. The molecule has 1 rings (SSSR count). The molecule has 0 bridgehead atoms. The normalized spacial score (nSPS) is 18.6. The number of piperazine rings is 1. The van der Waals surface area contributed by atoms with E-state index in [-0.39, 0.29) is 30.6 Å². The fourth-order valence-electron chi connectivity index (χ4n) is 2.05. The second kappa shape index (κ2) is 8.87. The first-order valence-corrected chi connectivity index (χ1v) is 7.78. The molecule has 1 unspecified atom stereocenters. The highest BCUT2D eigenvalue weighted by Crippen LogP contribution is 2.13. The Hall–Kier alpha value is -1.30. The summed E-state index contributed by atoms with van der Waals surface area (Å²) < 4.78 is 5.09. The van der Waals surface area contributed by atoms with Gasteiger partial charge in [0.1, 0.15) is 6.04 Å². The Morgan fingerprint density at radius 2 is 2.19 bits per heavy atom. The molecule has 0 radical (unpaired) electrons. The molecule has 120 valence electrons. The van der Waals surface area contributed by atoms with Crippen molar-refractivity contribution in [3.8, 4) is 0 Å². The minimum Gasteiger partial charge on any atom is -0.465 e. The van der Waals surface area contributed by atoms with E-state index in [0.29, 0.717) is 32.0 Å². The van der Waals surface area contributed by atoms with Gasteiger partial charge in [0, 0.05) is 25.4 Å². The average molecular weight is 319 g/mol. The third-order valence-corrected chi connectivity index (χ3v) is 3.38. The van der Waals surface area contributed by atoms with Crippen LogP contribution in [-0.4, -0.2) is 54.3 Å². The molecule has 0 aliphatic carbocycles. The zero-order chi connectivity index (χ0) is 15.8. The highest BCUT2D eigenvalue weighted by molar-refractivity contribution is 6.17. The van der Waals surface area contributed by atoms with Gasteiger partial charge in [-0.3, -0.25) is 14.4 Å². The number of carbonyl (C=O) groups is 3. The third-order valence-electron chi connectivity index (χ3n) is 3.11. The maximum Gasteiger partial charge on any atom is 0.308 e. The first-order valence-electron chi connectivity index (χ1n) is 7.24. The second-order valence-electron chi connectivity index (χ2n) is 5.47. The van der Waals surface area contributed by atoms with Crippen molar-refractivity contribution in [2.75, 3.05) is 25.6 Å². The van der Waals surface area contributed by atoms with Gasteiger partial charge in [-0.1, -0.05) is 13.8 Å². The minimum atomic E-state index is -0.777. The van der Waals surface area contributed by atoms with Crippen LogP contribution in [0.4, 0.5) is 0 Å². The van der Waals surface area contributed by atoms with Crippen LogP contribution in [0.3, 0.4) is 0 Å². The second-order valence-corrected chi connectivity index (χ2v) is 5.85. The Morgan fingerprint density at radius 1 is 1.48 bits per heavy atom. The van der Waals surface area contributed by atoms with Crippen molar-refractivity contribution in [1.82, 2.24) is 10.2 Å². The lowest BCUT2D eigenvalue weighted by atomic mass is 10.1. The zero-order valence-electron chi connectivity index (χ0n) is 12.6. The number of esters is 1. The molecule has 1 saturated heterocycles. The monoisotopic (exact) mass is 318 g/mol. The highest BCUT2D eigenvalue weighted by atomic mass is 35.5. The van der Waals surface area contributed by atoms with Gasteiger partial charge in [0.25, 0.3) is 0 Å². The molecule has 1 N–H and O–H groups in total.